The van der Waals surface area contributed by atoms with Crippen LogP contribution in [0, 0.1) is 0 Å². The summed E-state index contributed by atoms with van der Waals surface area (Å²) in [5.41, 5.74) is 2.20. The lowest BCUT2D eigenvalue weighted by Crippen LogP contribution is -2.00. The number of hydrogen-bond donors (Lipinski definition) is 0. The molecule has 3 aromatic rings. The Morgan fingerprint density at radius 2 is 1.76 bits per heavy atom. The Morgan fingerprint density at radius 1 is 1.04 bits per heavy atom. The lowest BCUT2D eigenvalue weighted by Gasteiger charge is -2.09. The monoisotopic (exact) mass is 393 g/mol. The van der Waals surface area contributed by atoms with Crippen LogP contribution in [0.15, 0.2) is 47.0 Å². The van der Waals surface area contributed by atoms with E-state index in [9.17, 15) is 0 Å². The molecule has 6 heteroatoms. The fourth-order valence-electron chi connectivity index (χ4n) is 2.76. The Morgan fingerprint density at radius 3 is 2.44 bits per heavy atom. The zero-order valence-electron chi connectivity index (χ0n) is 13.1. The van der Waals surface area contributed by atoms with Crippen LogP contribution in [0.2, 0.25) is 15.1 Å². The molecular formula is C19H14Cl3NO2. The summed E-state index contributed by atoms with van der Waals surface area (Å²) >= 11 is 18.7. The van der Waals surface area contributed by atoms with Crippen molar-refractivity contribution in [2.45, 2.75) is 25.4 Å². The van der Waals surface area contributed by atoms with Gasteiger partial charge in [-0.05, 0) is 43.2 Å². The molecule has 4 rings (SSSR count). The maximum absolute atomic E-state index is 6.35. The van der Waals surface area contributed by atoms with E-state index >= 15 is 0 Å². The Labute approximate surface area is 160 Å². The molecule has 1 aliphatic carbocycles. The lowest BCUT2D eigenvalue weighted by molar-refractivity contribution is 0.300. The average Bonchev–Trinajstić information content (AvgIpc) is 3.34. The minimum Gasteiger partial charge on any atom is -0.489 e. The van der Waals surface area contributed by atoms with E-state index in [4.69, 9.17) is 44.1 Å². The molecule has 1 aromatic heterocycles. The normalized spacial score (nSPS) is 13.9. The highest BCUT2D eigenvalue weighted by Crippen LogP contribution is 2.46. The van der Waals surface area contributed by atoms with Crippen LogP contribution in [0.4, 0.5) is 0 Å². The highest BCUT2D eigenvalue weighted by Gasteiger charge is 2.33. The van der Waals surface area contributed by atoms with Crippen LogP contribution in [0.3, 0.4) is 0 Å². The Hall–Kier alpha value is -1.68. The number of ether oxygens (including phenoxy) is 1. The molecule has 0 unspecified atom stereocenters. The standard InChI is InChI=1S/C19H14Cl3NO2/c20-12-3-1-4-13(9-12)24-10-14-18(23-25-19(14)11-7-8-11)17-15(21)5-2-6-16(17)22/h1-6,9,11H,7-8,10H2. The van der Waals surface area contributed by atoms with Gasteiger partial charge >= 0.3 is 0 Å². The van der Waals surface area contributed by atoms with Gasteiger partial charge in [0.05, 0.1) is 15.6 Å². The lowest BCUT2D eigenvalue weighted by atomic mass is 10.0. The maximum atomic E-state index is 6.35. The van der Waals surface area contributed by atoms with Gasteiger partial charge in [0.1, 0.15) is 23.8 Å². The highest BCUT2D eigenvalue weighted by atomic mass is 35.5. The molecule has 0 bridgehead atoms. The predicted molar refractivity (Wildman–Crippen MR) is 99.7 cm³/mol. The van der Waals surface area contributed by atoms with E-state index in [1.165, 1.54) is 0 Å². The first-order valence-corrected chi connectivity index (χ1v) is 9.08. The molecule has 0 atom stereocenters. The van der Waals surface area contributed by atoms with E-state index in [0.29, 0.717) is 44.6 Å². The molecular weight excluding hydrogens is 381 g/mol. The molecule has 0 N–H and O–H groups in total. The third-order valence-corrected chi connectivity index (χ3v) is 5.01. The number of aromatic nitrogens is 1. The Kier molecular flexibility index (Phi) is 4.63. The molecule has 2 aromatic carbocycles. The number of rotatable bonds is 5. The summed E-state index contributed by atoms with van der Waals surface area (Å²) in [5, 5.41) is 5.94. The molecule has 1 heterocycles. The van der Waals surface area contributed by atoms with Crippen molar-refractivity contribution >= 4 is 34.8 Å². The average molecular weight is 395 g/mol. The van der Waals surface area contributed by atoms with Gasteiger partial charge in [-0.15, -0.1) is 0 Å². The second-order valence-corrected chi connectivity index (χ2v) is 7.24. The van der Waals surface area contributed by atoms with Gasteiger partial charge in [0.25, 0.3) is 0 Å². The van der Waals surface area contributed by atoms with E-state index in [2.05, 4.69) is 5.16 Å². The smallest absolute Gasteiger partial charge is 0.147 e. The van der Waals surface area contributed by atoms with Gasteiger partial charge in [-0.3, -0.25) is 0 Å². The summed E-state index contributed by atoms with van der Waals surface area (Å²) < 4.78 is 11.5. The molecule has 3 nitrogen and oxygen atoms in total. The number of benzene rings is 2. The SMILES string of the molecule is Clc1cccc(OCc2c(-c3c(Cl)cccc3Cl)noc2C2CC2)c1. The molecule has 128 valence electrons. The van der Waals surface area contributed by atoms with Crippen molar-refractivity contribution in [3.05, 3.63) is 68.9 Å². The summed E-state index contributed by atoms with van der Waals surface area (Å²) in [6.07, 6.45) is 2.18. The molecule has 1 saturated carbocycles. The summed E-state index contributed by atoms with van der Waals surface area (Å²) in [6.45, 7) is 0.312. The first-order chi connectivity index (χ1) is 12.1. The van der Waals surface area contributed by atoms with Crippen LogP contribution in [-0.4, -0.2) is 5.16 Å². The number of nitrogens with zero attached hydrogens (tertiary/aromatic N) is 1. The van der Waals surface area contributed by atoms with E-state index in [0.717, 1.165) is 24.2 Å². The Balaban J connectivity index is 1.71. The first-order valence-electron chi connectivity index (χ1n) is 7.94. The van der Waals surface area contributed by atoms with E-state index in [-0.39, 0.29) is 0 Å². The van der Waals surface area contributed by atoms with Gasteiger partial charge in [-0.25, -0.2) is 0 Å². The molecule has 25 heavy (non-hydrogen) atoms. The minimum absolute atomic E-state index is 0.312. The number of halogens is 3. The van der Waals surface area contributed by atoms with Crippen LogP contribution in [0.1, 0.15) is 30.1 Å². The molecule has 0 saturated heterocycles. The van der Waals surface area contributed by atoms with Crippen LogP contribution in [0.25, 0.3) is 11.3 Å². The summed E-state index contributed by atoms with van der Waals surface area (Å²) in [4.78, 5) is 0. The van der Waals surface area contributed by atoms with Crippen molar-refractivity contribution in [2.75, 3.05) is 0 Å². The van der Waals surface area contributed by atoms with E-state index in [1.54, 1.807) is 30.3 Å². The molecule has 0 spiro atoms. The fourth-order valence-corrected chi connectivity index (χ4v) is 3.52. The topological polar surface area (TPSA) is 35.3 Å². The second-order valence-electron chi connectivity index (χ2n) is 5.99. The number of hydrogen-bond acceptors (Lipinski definition) is 3. The van der Waals surface area contributed by atoms with Crippen molar-refractivity contribution in [2.24, 2.45) is 0 Å². The van der Waals surface area contributed by atoms with Crippen LogP contribution < -0.4 is 4.74 Å². The van der Waals surface area contributed by atoms with Gasteiger partial charge in [0, 0.05) is 16.5 Å². The second kappa shape index (κ2) is 6.91. The summed E-state index contributed by atoms with van der Waals surface area (Å²) in [5.74, 6) is 1.93. The van der Waals surface area contributed by atoms with E-state index in [1.807, 2.05) is 12.1 Å². The largest absolute Gasteiger partial charge is 0.489 e. The zero-order chi connectivity index (χ0) is 17.4. The minimum atomic E-state index is 0.312. The summed E-state index contributed by atoms with van der Waals surface area (Å²) in [6, 6.07) is 12.7. The van der Waals surface area contributed by atoms with Crippen LogP contribution in [-0.2, 0) is 6.61 Å². The van der Waals surface area contributed by atoms with Crippen LogP contribution >= 0.6 is 34.8 Å². The van der Waals surface area contributed by atoms with Gasteiger partial charge in [0.15, 0.2) is 0 Å². The van der Waals surface area contributed by atoms with Crippen molar-refractivity contribution in [3.63, 3.8) is 0 Å². The quantitative estimate of drug-likeness (QED) is 0.479. The Bertz CT molecular complexity index is 899. The third kappa shape index (κ3) is 3.50. The first kappa shape index (κ1) is 16.8. The molecule has 0 radical (unpaired) electrons. The molecule has 1 aliphatic rings. The molecule has 1 fully saturated rings. The van der Waals surface area contributed by atoms with Crippen molar-refractivity contribution in [3.8, 4) is 17.0 Å². The van der Waals surface area contributed by atoms with Crippen LogP contribution in [0.5, 0.6) is 5.75 Å². The van der Waals surface area contributed by atoms with Gasteiger partial charge < -0.3 is 9.26 Å². The van der Waals surface area contributed by atoms with Crippen molar-refractivity contribution in [1.29, 1.82) is 0 Å². The van der Waals surface area contributed by atoms with Crippen molar-refractivity contribution < 1.29 is 9.26 Å². The van der Waals surface area contributed by atoms with Gasteiger partial charge in [-0.2, -0.15) is 0 Å². The van der Waals surface area contributed by atoms with E-state index < -0.39 is 0 Å². The zero-order valence-corrected chi connectivity index (χ0v) is 15.4. The molecule has 0 amide bonds. The van der Waals surface area contributed by atoms with Crippen molar-refractivity contribution in [1.82, 2.24) is 5.16 Å². The van der Waals surface area contributed by atoms with Gasteiger partial charge in [0.2, 0.25) is 0 Å². The predicted octanol–water partition coefficient (Wildman–Crippen LogP) is 6.76. The molecule has 0 aliphatic heterocycles. The fraction of sp³-hybridized carbons (Fsp3) is 0.211. The third-order valence-electron chi connectivity index (χ3n) is 4.15. The maximum Gasteiger partial charge on any atom is 0.147 e. The summed E-state index contributed by atoms with van der Waals surface area (Å²) in [7, 11) is 0. The van der Waals surface area contributed by atoms with Gasteiger partial charge in [-0.1, -0.05) is 52.1 Å². The highest BCUT2D eigenvalue weighted by molar-refractivity contribution is 6.39.